The SMILES string of the molecule is CC(C)(O)c1ccc(C(C=O)N2CC3CC(O)(c4ccccc4)CC3C2)cc1. The van der Waals surface area contributed by atoms with Crippen molar-refractivity contribution in [2.45, 2.75) is 43.9 Å². The van der Waals surface area contributed by atoms with E-state index < -0.39 is 11.2 Å². The van der Waals surface area contributed by atoms with E-state index in [1.54, 1.807) is 13.8 Å². The van der Waals surface area contributed by atoms with E-state index in [9.17, 15) is 15.0 Å². The number of aldehydes is 1. The van der Waals surface area contributed by atoms with Crippen LogP contribution in [0.15, 0.2) is 54.6 Å². The molecule has 2 aliphatic rings. The summed E-state index contributed by atoms with van der Waals surface area (Å²) in [7, 11) is 0. The molecule has 1 heterocycles. The van der Waals surface area contributed by atoms with E-state index in [1.807, 2.05) is 54.6 Å². The second-order valence-corrected chi connectivity index (χ2v) is 9.04. The Hall–Kier alpha value is -2.01. The largest absolute Gasteiger partial charge is 0.386 e. The first kappa shape index (κ1) is 19.3. The molecule has 0 spiro atoms. The summed E-state index contributed by atoms with van der Waals surface area (Å²) < 4.78 is 0. The molecule has 2 N–H and O–H groups in total. The molecule has 2 aromatic rings. The second kappa shape index (κ2) is 7.11. The third-order valence-corrected chi connectivity index (χ3v) is 6.60. The Morgan fingerprint density at radius 1 is 1.04 bits per heavy atom. The Labute approximate surface area is 166 Å². The van der Waals surface area contributed by atoms with Gasteiger partial charge in [0.05, 0.1) is 17.2 Å². The van der Waals surface area contributed by atoms with Gasteiger partial charge in [0.25, 0.3) is 0 Å². The van der Waals surface area contributed by atoms with Crippen molar-refractivity contribution in [3.63, 3.8) is 0 Å². The number of hydrogen-bond donors (Lipinski definition) is 2. The number of carbonyl (C=O) groups is 1. The lowest BCUT2D eigenvalue weighted by molar-refractivity contribution is -0.112. The zero-order valence-electron chi connectivity index (χ0n) is 16.6. The van der Waals surface area contributed by atoms with Crippen molar-refractivity contribution in [1.29, 1.82) is 0 Å². The third-order valence-electron chi connectivity index (χ3n) is 6.60. The Bertz CT molecular complexity index is 811. The summed E-state index contributed by atoms with van der Waals surface area (Å²) in [6.07, 6.45) is 2.52. The van der Waals surface area contributed by atoms with E-state index in [0.29, 0.717) is 11.8 Å². The molecule has 4 heteroatoms. The minimum Gasteiger partial charge on any atom is -0.386 e. The Kier molecular flexibility index (Phi) is 4.90. The summed E-state index contributed by atoms with van der Waals surface area (Å²) in [5.41, 5.74) is 1.17. The van der Waals surface area contributed by atoms with Gasteiger partial charge in [-0.15, -0.1) is 0 Å². The monoisotopic (exact) mass is 379 g/mol. The van der Waals surface area contributed by atoms with Crippen LogP contribution in [0.5, 0.6) is 0 Å². The number of likely N-dealkylation sites (tertiary alicyclic amines) is 1. The Morgan fingerprint density at radius 3 is 2.11 bits per heavy atom. The maximum absolute atomic E-state index is 11.9. The van der Waals surface area contributed by atoms with Crippen molar-refractivity contribution in [3.8, 4) is 0 Å². The first-order valence-electron chi connectivity index (χ1n) is 10.1. The molecule has 4 nitrogen and oxygen atoms in total. The van der Waals surface area contributed by atoms with Crippen molar-refractivity contribution in [2.75, 3.05) is 13.1 Å². The first-order valence-corrected chi connectivity index (χ1v) is 10.1. The van der Waals surface area contributed by atoms with Crippen molar-refractivity contribution < 1.29 is 15.0 Å². The molecule has 28 heavy (non-hydrogen) atoms. The zero-order valence-corrected chi connectivity index (χ0v) is 16.6. The molecule has 0 amide bonds. The second-order valence-electron chi connectivity index (χ2n) is 9.04. The molecular weight excluding hydrogens is 350 g/mol. The summed E-state index contributed by atoms with van der Waals surface area (Å²) in [6.45, 7) is 5.18. The van der Waals surface area contributed by atoms with Gasteiger partial charge in [0.2, 0.25) is 0 Å². The van der Waals surface area contributed by atoms with Gasteiger partial charge in [0.15, 0.2) is 0 Å². The highest BCUT2D eigenvalue weighted by Gasteiger charge is 2.50. The standard InChI is InChI=1S/C24H29NO3/c1-23(2,27)20-10-8-17(9-11-20)22(16-26)25-14-18-12-24(28,13-19(18)15-25)21-6-4-3-5-7-21/h3-11,16,18-19,22,27-28H,12-15H2,1-2H3. The van der Waals surface area contributed by atoms with Crippen LogP contribution < -0.4 is 0 Å². The smallest absolute Gasteiger partial charge is 0.141 e. The van der Waals surface area contributed by atoms with Gasteiger partial charge in [-0.2, -0.15) is 0 Å². The van der Waals surface area contributed by atoms with Crippen molar-refractivity contribution in [1.82, 2.24) is 4.90 Å². The van der Waals surface area contributed by atoms with Crippen LogP contribution in [0.1, 0.15) is 49.4 Å². The highest BCUT2D eigenvalue weighted by molar-refractivity contribution is 5.61. The quantitative estimate of drug-likeness (QED) is 0.782. The highest BCUT2D eigenvalue weighted by atomic mass is 16.3. The summed E-state index contributed by atoms with van der Waals surface area (Å²) >= 11 is 0. The molecule has 0 aromatic heterocycles. The van der Waals surface area contributed by atoms with E-state index in [0.717, 1.165) is 48.9 Å². The van der Waals surface area contributed by atoms with Crippen molar-refractivity contribution in [3.05, 3.63) is 71.3 Å². The van der Waals surface area contributed by atoms with Crippen LogP contribution >= 0.6 is 0 Å². The van der Waals surface area contributed by atoms with Gasteiger partial charge in [-0.05, 0) is 55.2 Å². The van der Waals surface area contributed by atoms with Gasteiger partial charge in [0.1, 0.15) is 6.29 Å². The van der Waals surface area contributed by atoms with Gasteiger partial charge < -0.3 is 15.0 Å². The molecule has 0 radical (unpaired) electrons. The number of benzene rings is 2. The summed E-state index contributed by atoms with van der Waals surface area (Å²) in [5.74, 6) is 0.812. The molecule has 1 saturated carbocycles. The molecule has 0 bridgehead atoms. The Morgan fingerprint density at radius 2 is 1.61 bits per heavy atom. The maximum atomic E-state index is 11.9. The van der Waals surface area contributed by atoms with Gasteiger partial charge in [0, 0.05) is 13.1 Å². The van der Waals surface area contributed by atoms with E-state index in [1.165, 1.54) is 0 Å². The molecule has 1 aliphatic carbocycles. The molecular formula is C24H29NO3. The number of carbonyl (C=O) groups excluding carboxylic acids is 1. The molecule has 2 aromatic carbocycles. The number of hydrogen-bond acceptors (Lipinski definition) is 4. The fourth-order valence-electron chi connectivity index (χ4n) is 5.06. The van der Waals surface area contributed by atoms with Gasteiger partial charge >= 0.3 is 0 Å². The normalized spacial score (nSPS) is 28.9. The minimum atomic E-state index is -0.887. The first-order chi connectivity index (χ1) is 13.3. The van der Waals surface area contributed by atoms with Crippen LogP contribution in [0.4, 0.5) is 0 Å². The summed E-state index contributed by atoms with van der Waals surface area (Å²) in [5, 5.41) is 21.3. The molecule has 1 aliphatic heterocycles. The zero-order chi connectivity index (χ0) is 19.9. The molecule has 148 valence electrons. The van der Waals surface area contributed by atoms with Gasteiger partial charge in [-0.1, -0.05) is 54.6 Å². The number of fused-ring (bicyclic) bond motifs is 1. The summed E-state index contributed by atoms with van der Waals surface area (Å²) in [6, 6.07) is 17.4. The van der Waals surface area contributed by atoms with Crippen LogP contribution in [-0.4, -0.2) is 34.5 Å². The summed E-state index contributed by atoms with van der Waals surface area (Å²) in [4.78, 5) is 14.1. The molecule has 4 rings (SSSR count). The number of aliphatic hydroxyl groups is 2. The van der Waals surface area contributed by atoms with E-state index in [4.69, 9.17) is 0 Å². The fraction of sp³-hybridized carbons (Fsp3) is 0.458. The molecule has 3 atom stereocenters. The third kappa shape index (κ3) is 3.52. The number of nitrogens with zero attached hydrogens (tertiary/aromatic N) is 1. The van der Waals surface area contributed by atoms with E-state index >= 15 is 0 Å². The fourth-order valence-corrected chi connectivity index (χ4v) is 5.06. The van der Waals surface area contributed by atoms with Crippen LogP contribution in [0.25, 0.3) is 0 Å². The minimum absolute atomic E-state index is 0.272. The average Bonchev–Trinajstić information content (AvgIpc) is 3.18. The molecule has 2 fully saturated rings. The van der Waals surface area contributed by atoms with Gasteiger partial charge in [-0.25, -0.2) is 0 Å². The lowest BCUT2D eigenvalue weighted by atomic mass is 9.90. The average molecular weight is 380 g/mol. The van der Waals surface area contributed by atoms with Crippen LogP contribution in [-0.2, 0) is 16.0 Å². The van der Waals surface area contributed by atoms with Crippen LogP contribution in [0.2, 0.25) is 0 Å². The lowest BCUT2D eigenvalue weighted by Crippen LogP contribution is -2.31. The van der Waals surface area contributed by atoms with Crippen molar-refractivity contribution >= 4 is 6.29 Å². The predicted octanol–water partition coefficient (Wildman–Crippen LogP) is 3.38. The van der Waals surface area contributed by atoms with Crippen molar-refractivity contribution in [2.24, 2.45) is 11.8 Å². The Balaban J connectivity index is 1.47. The number of rotatable bonds is 5. The maximum Gasteiger partial charge on any atom is 0.141 e. The molecule has 3 unspecified atom stereocenters. The topological polar surface area (TPSA) is 60.8 Å². The van der Waals surface area contributed by atoms with Crippen LogP contribution in [0.3, 0.4) is 0 Å². The van der Waals surface area contributed by atoms with E-state index in [-0.39, 0.29) is 6.04 Å². The lowest BCUT2D eigenvalue weighted by Gasteiger charge is -2.29. The van der Waals surface area contributed by atoms with E-state index in [2.05, 4.69) is 4.90 Å². The predicted molar refractivity (Wildman–Crippen MR) is 109 cm³/mol. The van der Waals surface area contributed by atoms with Crippen LogP contribution in [0, 0.1) is 11.8 Å². The molecule has 1 saturated heterocycles. The van der Waals surface area contributed by atoms with Gasteiger partial charge in [-0.3, -0.25) is 4.90 Å². The highest BCUT2D eigenvalue weighted by Crippen LogP contribution is 2.50.